The third-order valence-electron chi connectivity index (χ3n) is 3.28. The molecule has 3 saturated carbocycles. The second-order valence-electron chi connectivity index (χ2n) is 3.85. The maximum absolute atomic E-state index is 11.4. The Morgan fingerprint density at radius 1 is 1.31 bits per heavy atom. The molecule has 0 atom stereocenters. The first-order valence-corrected chi connectivity index (χ1v) is 4.40. The van der Waals surface area contributed by atoms with Gasteiger partial charge < -0.3 is 5.11 Å². The lowest BCUT2D eigenvalue weighted by Crippen LogP contribution is -2.53. The van der Waals surface area contributed by atoms with Gasteiger partial charge in [0.1, 0.15) is 5.41 Å². The minimum Gasteiger partial charge on any atom is -0.480 e. The fourth-order valence-electron chi connectivity index (χ4n) is 2.33. The highest BCUT2D eigenvalue weighted by atomic mass is 16.4. The lowest BCUT2D eigenvalue weighted by Gasteiger charge is -2.40. The number of hydrogen-bond acceptors (Lipinski definition) is 3. The number of ketones is 2. The summed E-state index contributed by atoms with van der Waals surface area (Å²) in [7, 11) is 0. The molecule has 4 nitrogen and oxygen atoms in total. The molecule has 4 heteroatoms. The maximum atomic E-state index is 11.4. The molecule has 0 radical (unpaired) electrons. The van der Waals surface area contributed by atoms with E-state index in [4.69, 9.17) is 5.11 Å². The van der Waals surface area contributed by atoms with Gasteiger partial charge in [-0.15, -0.1) is 0 Å². The van der Waals surface area contributed by atoms with Crippen LogP contribution in [0, 0.1) is 11.3 Å². The van der Waals surface area contributed by atoms with Crippen LogP contribution in [0.5, 0.6) is 0 Å². The molecule has 0 amide bonds. The van der Waals surface area contributed by atoms with Crippen LogP contribution in [-0.4, -0.2) is 22.6 Å². The second kappa shape index (κ2) is 2.40. The molecular weight excluding hydrogens is 172 g/mol. The van der Waals surface area contributed by atoms with E-state index in [0.717, 1.165) is 0 Å². The van der Waals surface area contributed by atoms with E-state index >= 15 is 0 Å². The van der Waals surface area contributed by atoms with E-state index in [1.165, 1.54) is 0 Å². The number of carbonyl (C=O) groups excluding carboxylic acids is 2. The van der Waals surface area contributed by atoms with Gasteiger partial charge in [0.25, 0.3) is 0 Å². The fourth-order valence-corrected chi connectivity index (χ4v) is 2.33. The second-order valence-corrected chi connectivity index (χ2v) is 3.85. The number of fused-ring (bicyclic) bond motifs is 3. The Balaban J connectivity index is 2.43. The van der Waals surface area contributed by atoms with Crippen LogP contribution in [0.15, 0.2) is 0 Å². The van der Waals surface area contributed by atoms with Gasteiger partial charge in [-0.05, 0) is 25.7 Å². The summed E-state index contributed by atoms with van der Waals surface area (Å²) in [6, 6.07) is 0. The normalized spacial score (nSPS) is 38.0. The van der Waals surface area contributed by atoms with Gasteiger partial charge in [-0.2, -0.15) is 0 Å². The Kier molecular flexibility index (Phi) is 1.55. The van der Waals surface area contributed by atoms with Crippen molar-refractivity contribution in [1.82, 2.24) is 0 Å². The first-order chi connectivity index (χ1) is 6.08. The Bertz CT molecular complexity index is 297. The Labute approximate surface area is 74.9 Å². The summed E-state index contributed by atoms with van der Waals surface area (Å²) < 4.78 is 0. The molecular formula is C9H10O4. The number of rotatable bonds is 1. The van der Waals surface area contributed by atoms with Gasteiger partial charge >= 0.3 is 5.97 Å². The molecule has 1 N–H and O–H groups in total. The first kappa shape index (κ1) is 8.41. The molecule has 3 fully saturated rings. The molecule has 3 rings (SSSR count). The van der Waals surface area contributed by atoms with Gasteiger partial charge in [0.2, 0.25) is 11.6 Å². The number of carboxylic acid groups (broad SMARTS) is 1. The number of hydrogen-bond donors (Lipinski definition) is 1. The van der Waals surface area contributed by atoms with E-state index in [-0.39, 0.29) is 5.92 Å². The van der Waals surface area contributed by atoms with Crippen molar-refractivity contribution in [3.05, 3.63) is 0 Å². The molecule has 0 aliphatic heterocycles. The maximum Gasteiger partial charge on any atom is 0.317 e. The lowest BCUT2D eigenvalue weighted by molar-refractivity contribution is -0.167. The van der Waals surface area contributed by atoms with E-state index in [0.29, 0.717) is 25.7 Å². The quantitative estimate of drug-likeness (QED) is 0.470. The molecule has 0 aromatic carbocycles. The molecule has 0 spiro atoms. The van der Waals surface area contributed by atoms with Crippen molar-refractivity contribution in [2.45, 2.75) is 25.7 Å². The van der Waals surface area contributed by atoms with E-state index < -0.39 is 23.0 Å². The van der Waals surface area contributed by atoms with E-state index in [9.17, 15) is 14.4 Å². The Hall–Kier alpha value is -1.19. The zero-order valence-corrected chi connectivity index (χ0v) is 7.08. The van der Waals surface area contributed by atoms with Crippen LogP contribution in [0.25, 0.3) is 0 Å². The molecule has 0 saturated heterocycles. The summed E-state index contributed by atoms with van der Waals surface area (Å²) in [5, 5.41) is 8.93. The highest BCUT2D eigenvalue weighted by Crippen LogP contribution is 2.46. The third kappa shape index (κ3) is 0.884. The van der Waals surface area contributed by atoms with Gasteiger partial charge in [0, 0.05) is 5.92 Å². The topological polar surface area (TPSA) is 71.4 Å². The first-order valence-electron chi connectivity index (χ1n) is 4.40. The molecule has 3 aliphatic carbocycles. The monoisotopic (exact) mass is 182 g/mol. The van der Waals surface area contributed by atoms with Crippen molar-refractivity contribution in [2.24, 2.45) is 11.3 Å². The summed E-state index contributed by atoms with van der Waals surface area (Å²) in [6.45, 7) is 0. The number of carbonyl (C=O) groups is 3. The van der Waals surface area contributed by atoms with Crippen molar-refractivity contribution in [3.63, 3.8) is 0 Å². The molecule has 0 heterocycles. The van der Waals surface area contributed by atoms with Crippen molar-refractivity contribution < 1.29 is 19.5 Å². The van der Waals surface area contributed by atoms with Crippen molar-refractivity contribution in [1.29, 1.82) is 0 Å². The predicted molar refractivity (Wildman–Crippen MR) is 42.0 cm³/mol. The highest BCUT2D eigenvalue weighted by molar-refractivity contribution is 6.44. The van der Waals surface area contributed by atoms with Crippen LogP contribution in [0.3, 0.4) is 0 Å². The van der Waals surface area contributed by atoms with Crippen LogP contribution >= 0.6 is 0 Å². The van der Waals surface area contributed by atoms with E-state index in [1.807, 2.05) is 0 Å². The molecule has 0 unspecified atom stereocenters. The van der Waals surface area contributed by atoms with Crippen LogP contribution in [0.1, 0.15) is 25.7 Å². The largest absolute Gasteiger partial charge is 0.480 e. The Morgan fingerprint density at radius 2 is 1.85 bits per heavy atom. The van der Waals surface area contributed by atoms with Gasteiger partial charge in [-0.25, -0.2) is 0 Å². The number of Topliss-reactive ketones (excluding diaryl/α,β-unsaturated/α-hetero) is 2. The summed E-state index contributed by atoms with van der Waals surface area (Å²) >= 11 is 0. The van der Waals surface area contributed by atoms with Crippen molar-refractivity contribution in [2.75, 3.05) is 0 Å². The van der Waals surface area contributed by atoms with E-state index in [2.05, 4.69) is 0 Å². The number of aliphatic carboxylic acids is 1. The molecule has 13 heavy (non-hydrogen) atoms. The summed E-state index contributed by atoms with van der Waals surface area (Å²) in [4.78, 5) is 33.6. The van der Waals surface area contributed by atoms with Gasteiger partial charge in [-0.3, -0.25) is 14.4 Å². The summed E-state index contributed by atoms with van der Waals surface area (Å²) in [5.41, 5.74) is -1.36. The van der Waals surface area contributed by atoms with E-state index in [1.54, 1.807) is 0 Å². The number of carboxylic acids is 1. The van der Waals surface area contributed by atoms with Crippen LogP contribution in [-0.2, 0) is 14.4 Å². The molecule has 0 aromatic heterocycles. The minimum atomic E-state index is -1.36. The van der Waals surface area contributed by atoms with Crippen LogP contribution < -0.4 is 0 Å². The molecule has 70 valence electrons. The van der Waals surface area contributed by atoms with Crippen LogP contribution in [0.4, 0.5) is 0 Å². The minimum absolute atomic E-state index is 0.186. The molecule has 2 bridgehead atoms. The average Bonchev–Trinajstić information content (AvgIpc) is 2.13. The SMILES string of the molecule is O=C1C(=O)C2(C(=O)O)CCC1CC2. The Morgan fingerprint density at radius 3 is 2.23 bits per heavy atom. The van der Waals surface area contributed by atoms with Gasteiger partial charge in [0.05, 0.1) is 0 Å². The molecule has 0 aromatic rings. The third-order valence-corrected chi connectivity index (χ3v) is 3.28. The smallest absolute Gasteiger partial charge is 0.317 e. The standard InChI is InChI=1S/C9H10O4/c10-6-5-1-3-9(4-2-5,7(6)11)8(12)13/h5H,1-4H2,(H,12,13). The van der Waals surface area contributed by atoms with Crippen molar-refractivity contribution >= 4 is 17.5 Å². The van der Waals surface area contributed by atoms with Gasteiger partial charge in [0.15, 0.2) is 0 Å². The lowest BCUT2D eigenvalue weighted by atomic mass is 9.59. The zero-order valence-electron chi connectivity index (χ0n) is 7.08. The summed E-state index contributed by atoms with van der Waals surface area (Å²) in [5.74, 6) is -2.43. The van der Waals surface area contributed by atoms with Gasteiger partial charge in [-0.1, -0.05) is 0 Å². The fraction of sp³-hybridized carbons (Fsp3) is 0.667. The average molecular weight is 182 g/mol. The highest BCUT2D eigenvalue weighted by Gasteiger charge is 2.57. The summed E-state index contributed by atoms with van der Waals surface area (Å²) in [6.07, 6.45) is 1.82. The van der Waals surface area contributed by atoms with Crippen LogP contribution in [0.2, 0.25) is 0 Å². The predicted octanol–water partition coefficient (Wildman–Crippen LogP) is 0.399. The zero-order chi connectivity index (χ0) is 9.64. The molecule has 3 aliphatic rings. The van der Waals surface area contributed by atoms with Crippen molar-refractivity contribution in [3.8, 4) is 0 Å².